The van der Waals surface area contributed by atoms with Crippen molar-refractivity contribution in [2.75, 3.05) is 11.9 Å². The SMILES string of the molecule is CC(C)N1CC(NC(=O)Nc2cccc3ccccc23)CC1=O. The third-order valence-electron chi connectivity index (χ3n) is 4.15. The minimum atomic E-state index is -0.273. The average molecular weight is 311 g/mol. The first-order chi connectivity index (χ1) is 11.0. The number of urea groups is 1. The van der Waals surface area contributed by atoms with Crippen molar-refractivity contribution in [2.24, 2.45) is 0 Å². The first-order valence-corrected chi connectivity index (χ1v) is 7.89. The molecule has 1 aliphatic rings. The van der Waals surface area contributed by atoms with Crippen molar-refractivity contribution in [3.8, 4) is 0 Å². The number of likely N-dealkylation sites (tertiary alicyclic amines) is 1. The second-order valence-corrected chi connectivity index (χ2v) is 6.17. The molecule has 2 aromatic rings. The molecule has 1 aliphatic heterocycles. The van der Waals surface area contributed by atoms with E-state index >= 15 is 0 Å². The molecule has 0 radical (unpaired) electrons. The lowest BCUT2D eigenvalue weighted by atomic mass is 10.1. The highest BCUT2D eigenvalue weighted by atomic mass is 16.2. The lowest BCUT2D eigenvalue weighted by Gasteiger charge is -2.21. The molecule has 2 N–H and O–H groups in total. The van der Waals surface area contributed by atoms with Crippen molar-refractivity contribution in [2.45, 2.75) is 32.4 Å². The molecule has 120 valence electrons. The van der Waals surface area contributed by atoms with Gasteiger partial charge in [-0.15, -0.1) is 0 Å². The Morgan fingerprint density at radius 1 is 1.17 bits per heavy atom. The van der Waals surface area contributed by atoms with Crippen LogP contribution in [0.4, 0.5) is 10.5 Å². The van der Waals surface area contributed by atoms with Gasteiger partial charge >= 0.3 is 6.03 Å². The van der Waals surface area contributed by atoms with E-state index in [-0.39, 0.29) is 24.0 Å². The van der Waals surface area contributed by atoms with E-state index in [1.54, 1.807) is 4.90 Å². The van der Waals surface area contributed by atoms with Gasteiger partial charge in [0.15, 0.2) is 0 Å². The maximum Gasteiger partial charge on any atom is 0.319 e. The summed E-state index contributed by atoms with van der Waals surface area (Å²) in [7, 11) is 0. The maximum atomic E-state index is 12.2. The molecule has 23 heavy (non-hydrogen) atoms. The van der Waals surface area contributed by atoms with Crippen molar-refractivity contribution in [1.82, 2.24) is 10.2 Å². The van der Waals surface area contributed by atoms with Gasteiger partial charge in [-0.05, 0) is 25.3 Å². The van der Waals surface area contributed by atoms with E-state index in [4.69, 9.17) is 0 Å². The molecule has 1 fully saturated rings. The van der Waals surface area contributed by atoms with Crippen LogP contribution < -0.4 is 10.6 Å². The molecule has 5 heteroatoms. The predicted molar refractivity (Wildman–Crippen MR) is 91.4 cm³/mol. The van der Waals surface area contributed by atoms with Crippen LogP contribution in [0.3, 0.4) is 0 Å². The summed E-state index contributed by atoms with van der Waals surface area (Å²) in [6.45, 7) is 4.53. The normalized spacial score (nSPS) is 17.8. The quantitative estimate of drug-likeness (QED) is 0.915. The molecule has 1 unspecified atom stereocenters. The first kappa shape index (κ1) is 15.3. The van der Waals surface area contributed by atoms with E-state index < -0.39 is 0 Å². The minimum Gasteiger partial charge on any atom is -0.338 e. The summed E-state index contributed by atoms with van der Waals surface area (Å²) in [5.74, 6) is 0.0930. The predicted octanol–water partition coefficient (Wildman–Crippen LogP) is 2.97. The fourth-order valence-electron chi connectivity index (χ4n) is 3.01. The van der Waals surface area contributed by atoms with Gasteiger partial charge in [0.1, 0.15) is 0 Å². The second kappa shape index (κ2) is 6.28. The molecule has 0 aromatic heterocycles. The third kappa shape index (κ3) is 3.28. The lowest BCUT2D eigenvalue weighted by Crippen LogP contribution is -2.40. The van der Waals surface area contributed by atoms with E-state index in [2.05, 4.69) is 10.6 Å². The van der Waals surface area contributed by atoms with Crippen LogP contribution in [0.1, 0.15) is 20.3 Å². The van der Waals surface area contributed by atoms with Crippen LogP contribution in [-0.4, -0.2) is 35.5 Å². The molecule has 0 aliphatic carbocycles. The zero-order valence-electron chi connectivity index (χ0n) is 13.4. The molecular weight excluding hydrogens is 290 g/mol. The Kier molecular flexibility index (Phi) is 4.19. The Labute approximate surface area is 135 Å². The minimum absolute atomic E-state index is 0.0930. The Hall–Kier alpha value is -2.56. The molecule has 0 bridgehead atoms. The Morgan fingerprint density at radius 2 is 1.91 bits per heavy atom. The molecule has 1 atom stereocenters. The Bertz CT molecular complexity index is 737. The molecular formula is C18H21N3O2. The molecule has 2 aromatic carbocycles. The van der Waals surface area contributed by atoms with Crippen molar-refractivity contribution in [3.63, 3.8) is 0 Å². The highest BCUT2D eigenvalue weighted by Gasteiger charge is 2.31. The van der Waals surface area contributed by atoms with Crippen LogP contribution in [0.25, 0.3) is 10.8 Å². The number of amides is 3. The monoisotopic (exact) mass is 311 g/mol. The van der Waals surface area contributed by atoms with E-state index in [9.17, 15) is 9.59 Å². The van der Waals surface area contributed by atoms with E-state index in [1.807, 2.05) is 56.3 Å². The highest BCUT2D eigenvalue weighted by Crippen LogP contribution is 2.23. The van der Waals surface area contributed by atoms with Gasteiger partial charge in [-0.25, -0.2) is 4.79 Å². The number of anilines is 1. The lowest BCUT2D eigenvalue weighted by molar-refractivity contribution is -0.129. The molecule has 5 nitrogen and oxygen atoms in total. The van der Waals surface area contributed by atoms with Crippen molar-refractivity contribution >= 4 is 28.4 Å². The highest BCUT2D eigenvalue weighted by molar-refractivity contribution is 6.01. The summed E-state index contributed by atoms with van der Waals surface area (Å²) in [6.07, 6.45) is 0.362. The van der Waals surface area contributed by atoms with Gasteiger partial charge in [0.2, 0.25) is 5.91 Å². The molecule has 3 rings (SSSR count). The van der Waals surface area contributed by atoms with Gasteiger partial charge in [-0.1, -0.05) is 36.4 Å². The Morgan fingerprint density at radius 3 is 2.65 bits per heavy atom. The molecule has 1 saturated heterocycles. The van der Waals surface area contributed by atoms with Gasteiger partial charge in [-0.2, -0.15) is 0 Å². The van der Waals surface area contributed by atoms with Gasteiger partial charge in [0, 0.05) is 24.4 Å². The van der Waals surface area contributed by atoms with Crippen LogP contribution >= 0.6 is 0 Å². The smallest absolute Gasteiger partial charge is 0.319 e. The summed E-state index contributed by atoms with van der Waals surface area (Å²) in [4.78, 5) is 25.9. The zero-order chi connectivity index (χ0) is 16.4. The van der Waals surface area contributed by atoms with E-state index in [0.29, 0.717) is 13.0 Å². The standard InChI is InChI=1S/C18H21N3O2/c1-12(2)21-11-14(10-17(21)22)19-18(23)20-16-9-5-7-13-6-3-4-8-15(13)16/h3-9,12,14H,10-11H2,1-2H3,(H2,19,20,23). The van der Waals surface area contributed by atoms with Gasteiger partial charge in [0.05, 0.1) is 11.7 Å². The van der Waals surface area contributed by atoms with E-state index in [1.165, 1.54) is 0 Å². The number of benzene rings is 2. The molecule has 0 spiro atoms. The second-order valence-electron chi connectivity index (χ2n) is 6.17. The van der Waals surface area contributed by atoms with Crippen LogP contribution in [0.15, 0.2) is 42.5 Å². The number of hydrogen-bond donors (Lipinski definition) is 2. The summed E-state index contributed by atoms with van der Waals surface area (Å²) in [6, 6.07) is 13.5. The fourth-order valence-corrected chi connectivity index (χ4v) is 3.01. The van der Waals surface area contributed by atoms with Gasteiger partial charge in [-0.3, -0.25) is 4.79 Å². The van der Waals surface area contributed by atoms with Gasteiger partial charge in [0.25, 0.3) is 0 Å². The number of fused-ring (bicyclic) bond motifs is 1. The van der Waals surface area contributed by atoms with E-state index in [0.717, 1.165) is 16.5 Å². The van der Waals surface area contributed by atoms with Crippen LogP contribution in [0.2, 0.25) is 0 Å². The Balaban J connectivity index is 1.67. The largest absolute Gasteiger partial charge is 0.338 e. The topological polar surface area (TPSA) is 61.4 Å². The third-order valence-corrected chi connectivity index (χ3v) is 4.15. The van der Waals surface area contributed by atoms with Crippen LogP contribution in [-0.2, 0) is 4.79 Å². The summed E-state index contributed by atoms with van der Waals surface area (Å²) in [5, 5.41) is 7.86. The number of nitrogens with zero attached hydrogens (tertiary/aromatic N) is 1. The number of rotatable bonds is 3. The summed E-state index contributed by atoms with van der Waals surface area (Å²) >= 11 is 0. The summed E-state index contributed by atoms with van der Waals surface area (Å²) in [5.41, 5.74) is 0.769. The van der Waals surface area contributed by atoms with Crippen molar-refractivity contribution in [3.05, 3.63) is 42.5 Å². The zero-order valence-corrected chi connectivity index (χ0v) is 13.4. The van der Waals surface area contributed by atoms with Crippen molar-refractivity contribution < 1.29 is 9.59 Å². The van der Waals surface area contributed by atoms with Crippen LogP contribution in [0.5, 0.6) is 0 Å². The summed E-state index contributed by atoms with van der Waals surface area (Å²) < 4.78 is 0. The number of nitrogens with one attached hydrogen (secondary N) is 2. The number of carbonyl (C=O) groups excluding carboxylic acids is 2. The van der Waals surface area contributed by atoms with Crippen molar-refractivity contribution in [1.29, 1.82) is 0 Å². The molecule has 1 heterocycles. The molecule has 3 amide bonds. The maximum absolute atomic E-state index is 12.2. The average Bonchev–Trinajstić information content (AvgIpc) is 2.88. The first-order valence-electron chi connectivity index (χ1n) is 7.89. The number of carbonyl (C=O) groups is 2. The fraction of sp³-hybridized carbons (Fsp3) is 0.333. The number of hydrogen-bond acceptors (Lipinski definition) is 2. The molecule has 0 saturated carbocycles. The van der Waals surface area contributed by atoms with Crippen LogP contribution in [0, 0.1) is 0 Å². The van der Waals surface area contributed by atoms with Gasteiger partial charge < -0.3 is 15.5 Å².